The van der Waals surface area contributed by atoms with Gasteiger partial charge in [-0.15, -0.1) is 0 Å². The van der Waals surface area contributed by atoms with Crippen molar-refractivity contribution in [3.63, 3.8) is 0 Å². The third-order valence-electron chi connectivity index (χ3n) is 5.31. The number of nitrogen functional groups attached to an aromatic ring is 1. The Hall–Kier alpha value is -2.71. The van der Waals surface area contributed by atoms with Crippen LogP contribution in [0.25, 0.3) is 0 Å². The van der Waals surface area contributed by atoms with Crippen LogP contribution in [0.5, 0.6) is 0 Å². The summed E-state index contributed by atoms with van der Waals surface area (Å²) in [4.78, 5) is 8.03. The van der Waals surface area contributed by atoms with Crippen LogP contribution in [-0.4, -0.2) is 41.4 Å². The van der Waals surface area contributed by atoms with Crippen molar-refractivity contribution in [2.24, 2.45) is 0 Å². The maximum atomic E-state index is 6.26. The molecule has 32 heavy (non-hydrogen) atoms. The predicted octanol–water partition coefficient (Wildman–Crippen LogP) is 4.08. The van der Waals surface area contributed by atoms with Crippen LogP contribution in [0.15, 0.2) is 67.0 Å². The lowest BCUT2D eigenvalue weighted by atomic mass is 10.1. The summed E-state index contributed by atoms with van der Waals surface area (Å²) in [6.45, 7) is 2.04. The lowest BCUT2D eigenvalue weighted by Crippen LogP contribution is -2.29. The van der Waals surface area contributed by atoms with Gasteiger partial charge in [0.25, 0.3) is 0 Å². The van der Waals surface area contributed by atoms with Gasteiger partial charge in [-0.3, -0.25) is 0 Å². The molecule has 3 atom stereocenters. The van der Waals surface area contributed by atoms with E-state index in [2.05, 4.69) is 27.4 Å². The van der Waals surface area contributed by atoms with Crippen molar-refractivity contribution >= 4 is 23.1 Å². The number of hydrogen-bond donors (Lipinski definition) is 2. The minimum absolute atomic E-state index is 0.0748. The molecule has 7 nitrogen and oxygen atoms in total. The number of ether oxygens (including phenoxy) is 3. The summed E-state index contributed by atoms with van der Waals surface area (Å²) in [6, 6.07) is 20.2. The van der Waals surface area contributed by atoms with Crippen LogP contribution in [0.4, 0.5) is 11.5 Å². The molecular formula is C24H27ClN4O3. The van der Waals surface area contributed by atoms with Crippen LogP contribution < -0.4 is 11.1 Å². The Bertz CT molecular complexity index is 977. The molecular weight excluding hydrogens is 428 g/mol. The molecule has 1 saturated heterocycles. The Morgan fingerprint density at radius 2 is 1.69 bits per heavy atom. The SMILES string of the molecule is Nc1c(Cl)ncnc1NC[C@H]1C[C@H](OCc2ccccc2)[C@@H](COCc2ccccc2)O1. The lowest BCUT2D eigenvalue weighted by Gasteiger charge is -2.19. The average molecular weight is 455 g/mol. The van der Waals surface area contributed by atoms with E-state index >= 15 is 0 Å². The summed E-state index contributed by atoms with van der Waals surface area (Å²) in [7, 11) is 0. The smallest absolute Gasteiger partial charge is 0.157 e. The molecule has 1 aliphatic heterocycles. The van der Waals surface area contributed by atoms with Gasteiger partial charge in [-0.2, -0.15) is 0 Å². The van der Waals surface area contributed by atoms with Crippen molar-refractivity contribution in [1.29, 1.82) is 0 Å². The summed E-state index contributed by atoms with van der Waals surface area (Å²) in [5.74, 6) is 0.499. The number of hydrogen-bond acceptors (Lipinski definition) is 7. The second-order valence-electron chi connectivity index (χ2n) is 7.68. The maximum absolute atomic E-state index is 6.26. The number of anilines is 2. The molecule has 0 aliphatic carbocycles. The highest BCUT2D eigenvalue weighted by Gasteiger charge is 2.36. The Morgan fingerprint density at radius 1 is 1.00 bits per heavy atom. The Morgan fingerprint density at radius 3 is 2.41 bits per heavy atom. The molecule has 1 fully saturated rings. The van der Waals surface area contributed by atoms with Gasteiger partial charge in [0.2, 0.25) is 0 Å². The predicted molar refractivity (Wildman–Crippen MR) is 124 cm³/mol. The van der Waals surface area contributed by atoms with Gasteiger partial charge in [0, 0.05) is 13.0 Å². The number of benzene rings is 2. The van der Waals surface area contributed by atoms with Crippen LogP contribution in [0.3, 0.4) is 0 Å². The second-order valence-corrected chi connectivity index (χ2v) is 8.03. The largest absolute Gasteiger partial charge is 0.393 e. The molecule has 4 rings (SSSR count). The fourth-order valence-electron chi connectivity index (χ4n) is 3.62. The van der Waals surface area contributed by atoms with E-state index in [1.165, 1.54) is 6.33 Å². The van der Waals surface area contributed by atoms with Gasteiger partial charge in [-0.05, 0) is 11.1 Å². The summed E-state index contributed by atoms with van der Waals surface area (Å²) in [6.07, 6.45) is 1.79. The van der Waals surface area contributed by atoms with Crippen LogP contribution in [0.2, 0.25) is 5.15 Å². The quantitative estimate of drug-likeness (QED) is 0.446. The zero-order valence-corrected chi connectivity index (χ0v) is 18.4. The topological polar surface area (TPSA) is 91.5 Å². The molecule has 0 radical (unpaired) electrons. The van der Waals surface area contributed by atoms with Gasteiger partial charge in [-0.1, -0.05) is 72.3 Å². The molecule has 1 aromatic heterocycles. The van der Waals surface area contributed by atoms with Crippen molar-refractivity contribution in [2.45, 2.75) is 37.9 Å². The van der Waals surface area contributed by atoms with E-state index in [9.17, 15) is 0 Å². The van der Waals surface area contributed by atoms with Gasteiger partial charge in [0.1, 0.15) is 18.1 Å². The standard InChI is InChI=1S/C24H27ClN4O3/c25-23-22(26)24(29-16-28-23)27-12-19-11-20(31-14-18-9-5-2-6-10-18)21(32-19)15-30-13-17-7-3-1-4-8-17/h1-10,16,19-21H,11-15,26H2,(H,27,28,29)/t19-,20+,21-/m1/s1. The fourth-order valence-corrected chi connectivity index (χ4v) is 3.76. The van der Waals surface area contributed by atoms with Crippen molar-refractivity contribution in [3.05, 3.63) is 83.3 Å². The molecule has 2 heterocycles. The van der Waals surface area contributed by atoms with Gasteiger partial charge < -0.3 is 25.3 Å². The van der Waals surface area contributed by atoms with E-state index < -0.39 is 0 Å². The molecule has 0 bridgehead atoms. The van der Waals surface area contributed by atoms with E-state index in [-0.39, 0.29) is 23.5 Å². The third-order valence-corrected chi connectivity index (χ3v) is 5.61. The first kappa shape index (κ1) is 22.5. The molecule has 1 aliphatic rings. The average Bonchev–Trinajstić information content (AvgIpc) is 3.22. The molecule has 0 amide bonds. The van der Waals surface area contributed by atoms with Crippen molar-refractivity contribution in [3.8, 4) is 0 Å². The van der Waals surface area contributed by atoms with Crippen molar-refractivity contribution in [1.82, 2.24) is 9.97 Å². The highest BCUT2D eigenvalue weighted by Crippen LogP contribution is 2.27. The third kappa shape index (κ3) is 6.17. The number of halogens is 1. The van der Waals surface area contributed by atoms with Crippen LogP contribution in [0.1, 0.15) is 17.5 Å². The first-order valence-corrected chi connectivity index (χ1v) is 11.0. The number of nitrogens with zero attached hydrogens (tertiary/aromatic N) is 2. The minimum Gasteiger partial charge on any atom is -0.393 e. The number of aromatic nitrogens is 2. The van der Waals surface area contributed by atoms with Crippen molar-refractivity contribution in [2.75, 3.05) is 24.2 Å². The molecule has 3 N–H and O–H groups in total. The highest BCUT2D eigenvalue weighted by molar-refractivity contribution is 6.32. The van der Waals surface area contributed by atoms with Gasteiger partial charge in [-0.25, -0.2) is 9.97 Å². The second kappa shape index (κ2) is 11.2. The van der Waals surface area contributed by atoms with E-state index in [0.29, 0.717) is 37.9 Å². The summed E-state index contributed by atoms with van der Waals surface area (Å²) in [5, 5.41) is 3.44. The van der Waals surface area contributed by atoms with Crippen molar-refractivity contribution < 1.29 is 14.2 Å². The first-order valence-electron chi connectivity index (χ1n) is 10.6. The summed E-state index contributed by atoms with van der Waals surface area (Å²) < 4.78 is 18.4. The molecule has 3 aromatic rings. The van der Waals surface area contributed by atoms with Crippen LogP contribution in [-0.2, 0) is 27.4 Å². The molecule has 168 valence electrons. The van der Waals surface area contributed by atoms with Gasteiger partial charge in [0.05, 0.1) is 32.0 Å². The Kier molecular flexibility index (Phi) is 7.90. The van der Waals surface area contributed by atoms with E-state index in [1.807, 2.05) is 48.5 Å². The molecule has 0 unspecified atom stereocenters. The zero-order chi connectivity index (χ0) is 22.2. The Labute approximate surface area is 192 Å². The normalized spacial score (nSPS) is 20.3. The first-order chi connectivity index (χ1) is 15.7. The Balaban J connectivity index is 1.34. The maximum Gasteiger partial charge on any atom is 0.157 e. The van der Waals surface area contributed by atoms with E-state index in [0.717, 1.165) is 17.5 Å². The zero-order valence-electron chi connectivity index (χ0n) is 17.7. The summed E-state index contributed by atoms with van der Waals surface area (Å²) in [5.41, 5.74) is 8.53. The van der Waals surface area contributed by atoms with Crippen LogP contribution >= 0.6 is 11.6 Å². The molecule has 8 heteroatoms. The molecule has 0 spiro atoms. The van der Waals surface area contributed by atoms with Gasteiger partial charge in [0.15, 0.2) is 11.0 Å². The number of rotatable bonds is 10. The number of nitrogens with two attached hydrogens (primary N) is 1. The van der Waals surface area contributed by atoms with Gasteiger partial charge >= 0.3 is 0 Å². The highest BCUT2D eigenvalue weighted by atomic mass is 35.5. The lowest BCUT2D eigenvalue weighted by molar-refractivity contribution is -0.0694. The minimum atomic E-state index is -0.166. The monoisotopic (exact) mass is 454 g/mol. The van der Waals surface area contributed by atoms with Crippen LogP contribution in [0, 0.1) is 0 Å². The van der Waals surface area contributed by atoms with E-state index in [1.54, 1.807) is 0 Å². The fraction of sp³-hybridized carbons (Fsp3) is 0.333. The molecule has 0 saturated carbocycles. The van der Waals surface area contributed by atoms with E-state index in [4.69, 9.17) is 31.5 Å². The summed E-state index contributed by atoms with van der Waals surface area (Å²) >= 11 is 5.98. The number of nitrogens with one attached hydrogen (secondary N) is 1. The molecule has 2 aromatic carbocycles.